The molecule has 0 aromatic heterocycles. The maximum atomic E-state index is 2.18. The van der Waals surface area contributed by atoms with E-state index in [0.29, 0.717) is 0 Å². The second kappa shape index (κ2) is 29.5. The molecule has 0 fully saturated rings. The van der Waals surface area contributed by atoms with Crippen molar-refractivity contribution in [2.24, 2.45) is 0 Å². The van der Waals surface area contributed by atoms with Crippen molar-refractivity contribution in [1.29, 1.82) is 0 Å². The van der Waals surface area contributed by atoms with Gasteiger partial charge in [-0.1, -0.05) is 90.8 Å². The maximum absolute atomic E-state index is 2.18. The first-order valence-electron chi connectivity index (χ1n) is 5.91. The Bertz CT molecular complexity index is 92.0. The first kappa shape index (κ1) is 18.9. The van der Waals surface area contributed by atoms with Crippen LogP contribution in [0.2, 0.25) is 0 Å². The smallest absolute Gasteiger partial charge is 0.0564 e. The first-order valence-corrected chi connectivity index (χ1v) is 5.91. The molecule has 0 amide bonds. The summed E-state index contributed by atoms with van der Waals surface area (Å²) in [6, 6.07) is 12.0. The van der Waals surface area contributed by atoms with Crippen LogP contribution in [0.25, 0.3) is 0 Å². The summed E-state index contributed by atoms with van der Waals surface area (Å²) in [4.78, 5) is 0. The van der Waals surface area contributed by atoms with Gasteiger partial charge in [0, 0.05) is 0 Å². The van der Waals surface area contributed by atoms with Crippen LogP contribution in [0.1, 0.15) is 54.4 Å². The number of benzene rings is 1. The van der Waals surface area contributed by atoms with Crippen LogP contribution in [0.5, 0.6) is 0 Å². The van der Waals surface area contributed by atoms with E-state index in [0.717, 1.165) is 0 Å². The van der Waals surface area contributed by atoms with Crippen LogP contribution < -0.4 is 0 Å². The molecule has 0 spiro atoms. The zero-order chi connectivity index (χ0) is 11.7. The summed E-state index contributed by atoms with van der Waals surface area (Å²) in [5, 5.41) is 0. The molecule has 0 aliphatic rings. The third-order valence-corrected chi connectivity index (χ3v) is 1.17. The fourth-order valence-corrected chi connectivity index (χ4v) is 0.385. The summed E-state index contributed by atoms with van der Waals surface area (Å²) in [6.45, 7) is 12.4. The van der Waals surface area contributed by atoms with Gasteiger partial charge in [0.15, 0.2) is 0 Å². The van der Waals surface area contributed by atoms with Crippen LogP contribution >= 0.6 is 0 Å². The van der Waals surface area contributed by atoms with Gasteiger partial charge in [-0.25, -0.2) is 0 Å². The lowest BCUT2D eigenvalue weighted by Crippen LogP contribution is -1.47. The Morgan fingerprint density at radius 1 is 0.500 bits per heavy atom. The van der Waals surface area contributed by atoms with Gasteiger partial charge in [0.25, 0.3) is 0 Å². The van der Waals surface area contributed by atoms with Crippen molar-refractivity contribution in [1.82, 2.24) is 0 Å². The summed E-state index contributed by atoms with van der Waals surface area (Å²) in [5.41, 5.74) is 0. The molecule has 1 rings (SSSR count). The van der Waals surface area contributed by atoms with Crippen molar-refractivity contribution < 1.29 is 0 Å². The number of hydrogen-bond acceptors (Lipinski definition) is 0. The zero-order valence-electron chi connectivity index (χ0n) is 10.9. The Balaban J connectivity index is -0.000000134. The topological polar surface area (TPSA) is 0 Å². The van der Waals surface area contributed by atoms with E-state index in [1.807, 2.05) is 64.1 Å². The van der Waals surface area contributed by atoms with Crippen LogP contribution in [0.15, 0.2) is 36.4 Å². The SMILES string of the molecule is CC.CC.CCCC.c1ccccc1. The number of hydrogen-bond donors (Lipinski definition) is 0. The summed E-state index contributed by atoms with van der Waals surface area (Å²) >= 11 is 0. The Hall–Kier alpha value is -0.780. The van der Waals surface area contributed by atoms with Gasteiger partial charge in [-0.15, -0.1) is 0 Å². The third-order valence-electron chi connectivity index (χ3n) is 1.17. The zero-order valence-corrected chi connectivity index (χ0v) is 10.9. The Labute approximate surface area is 91.4 Å². The highest BCUT2D eigenvalue weighted by Gasteiger charge is 1.58. The van der Waals surface area contributed by atoms with Crippen LogP contribution in [-0.4, -0.2) is 0 Å². The molecular formula is C14H28. The molecule has 0 heteroatoms. The third kappa shape index (κ3) is 30.3. The van der Waals surface area contributed by atoms with E-state index >= 15 is 0 Å². The molecule has 0 aliphatic carbocycles. The largest absolute Gasteiger partial charge is 0.0683 e. The lowest BCUT2D eigenvalue weighted by Gasteiger charge is -1.69. The molecule has 0 radical (unpaired) electrons. The highest BCUT2D eigenvalue weighted by Crippen LogP contribution is 1.79. The van der Waals surface area contributed by atoms with Crippen molar-refractivity contribution >= 4 is 0 Å². The van der Waals surface area contributed by atoms with Gasteiger partial charge in [0.05, 0.1) is 0 Å². The highest BCUT2D eigenvalue weighted by atomic mass is 13.6. The molecule has 0 unspecified atom stereocenters. The lowest BCUT2D eigenvalue weighted by molar-refractivity contribution is 0.886. The predicted octanol–water partition coefficient (Wildman–Crippen LogP) is 5.55. The molecule has 0 aliphatic heterocycles. The fourth-order valence-electron chi connectivity index (χ4n) is 0.385. The van der Waals surface area contributed by atoms with E-state index in [1.54, 1.807) is 0 Å². The fraction of sp³-hybridized carbons (Fsp3) is 0.571. The quantitative estimate of drug-likeness (QED) is 0.553. The standard InChI is InChI=1S/C6H6.C4H10.2C2H6/c1-2-4-6-5-3-1;1-3-4-2;2*1-2/h1-6H;3-4H2,1-2H3;2*1-2H3. The Kier molecular flexibility index (Phi) is 39.8. The predicted molar refractivity (Wildman–Crippen MR) is 69.7 cm³/mol. The van der Waals surface area contributed by atoms with Crippen molar-refractivity contribution in [2.75, 3.05) is 0 Å². The molecule has 0 bridgehead atoms. The summed E-state index contributed by atoms with van der Waals surface area (Å²) in [5.74, 6) is 0. The lowest BCUT2D eigenvalue weighted by atomic mass is 10.4. The first-order chi connectivity index (χ1) is 6.91. The van der Waals surface area contributed by atoms with Crippen LogP contribution in [0, 0.1) is 0 Å². The molecule has 0 N–H and O–H groups in total. The second-order valence-corrected chi connectivity index (χ2v) is 2.15. The van der Waals surface area contributed by atoms with Crippen LogP contribution in [0.4, 0.5) is 0 Å². The monoisotopic (exact) mass is 196 g/mol. The molecule has 14 heavy (non-hydrogen) atoms. The minimum Gasteiger partial charge on any atom is -0.0683 e. The summed E-state index contributed by atoms with van der Waals surface area (Å²) in [6.07, 6.45) is 2.64. The molecule has 0 nitrogen and oxygen atoms in total. The molecule has 0 atom stereocenters. The van der Waals surface area contributed by atoms with Crippen LogP contribution in [-0.2, 0) is 0 Å². The van der Waals surface area contributed by atoms with Gasteiger partial charge in [0.1, 0.15) is 0 Å². The van der Waals surface area contributed by atoms with E-state index in [9.17, 15) is 0 Å². The van der Waals surface area contributed by atoms with Crippen molar-refractivity contribution in [2.45, 2.75) is 54.4 Å². The number of unbranched alkanes of at least 4 members (excludes halogenated alkanes) is 1. The van der Waals surface area contributed by atoms with Gasteiger partial charge < -0.3 is 0 Å². The van der Waals surface area contributed by atoms with Gasteiger partial charge in [-0.2, -0.15) is 0 Å². The van der Waals surface area contributed by atoms with Gasteiger partial charge >= 0.3 is 0 Å². The Morgan fingerprint density at radius 2 is 0.643 bits per heavy atom. The molecule has 0 saturated carbocycles. The maximum Gasteiger partial charge on any atom is -0.0564 e. The van der Waals surface area contributed by atoms with E-state index in [2.05, 4.69) is 13.8 Å². The minimum absolute atomic E-state index is 1.32. The van der Waals surface area contributed by atoms with E-state index < -0.39 is 0 Å². The van der Waals surface area contributed by atoms with Crippen molar-refractivity contribution in [3.8, 4) is 0 Å². The van der Waals surface area contributed by atoms with Gasteiger partial charge in [-0.05, 0) is 0 Å². The second-order valence-electron chi connectivity index (χ2n) is 2.15. The number of rotatable bonds is 1. The normalized spacial score (nSPS) is 6.43. The van der Waals surface area contributed by atoms with Crippen molar-refractivity contribution in [3.05, 3.63) is 36.4 Å². The van der Waals surface area contributed by atoms with Crippen molar-refractivity contribution in [3.63, 3.8) is 0 Å². The van der Waals surface area contributed by atoms with Gasteiger partial charge in [0.2, 0.25) is 0 Å². The molecule has 1 aromatic carbocycles. The average molecular weight is 196 g/mol. The minimum atomic E-state index is 1.32. The highest BCUT2D eigenvalue weighted by molar-refractivity contribution is 4.99. The molecule has 0 saturated heterocycles. The van der Waals surface area contributed by atoms with Gasteiger partial charge in [-0.3, -0.25) is 0 Å². The molecule has 84 valence electrons. The molecule has 1 aromatic rings. The van der Waals surface area contributed by atoms with E-state index in [1.165, 1.54) is 12.8 Å². The van der Waals surface area contributed by atoms with E-state index in [4.69, 9.17) is 0 Å². The Morgan fingerprint density at radius 3 is 0.714 bits per heavy atom. The van der Waals surface area contributed by atoms with E-state index in [-0.39, 0.29) is 0 Å². The van der Waals surface area contributed by atoms with Crippen LogP contribution in [0.3, 0.4) is 0 Å². The summed E-state index contributed by atoms with van der Waals surface area (Å²) in [7, 11) is 0. The summed E-state index contributed by atoms with van der Waals surface area (Å²) < 4.78 is 0. The average Bonchev–Trinajstić information content (AvgIpc) is 2.36. The molecular weight excluding hydrogens is 168 g/mol. The molecule has 0 heterocycles.